The van der Waals surface area contributed by atoms with Gasteiger partial charge in [0.1, 0.15) is 5.82 Å². The highest BCUT2D eigenvalue weighted by atomic mass is 79.9. The molecule has 3 aromatic rings. The van der Waals surface area contributed by atoms with Crippen molar-refractivity contribution >= 4 is 44.3 Å². The molecule has 4 rings (SSSR count). The molecule has 0 amide bonds. The number of carbonyl (C=O) groups is 1. The Hall–Kier alpha value is -2.71. The van der Waals surface area contributed by atoms with Crippen molar-refractivity contribution in [1.82, 2.24) is 14.9 Å². The highest BCUT2D eigenvalue weighted by molar-refractivity contribution is 9.10. The van der Waals surface area contributed by atoms with Crippen molar-refractivity contribution in [3.8, 4) is 6.01 Å². The van der Waals surface area contributed by atoms with E-state index < -0.39 is 0 Å². The van der Waals surface area contributed by atoms with E-state index in [1.807, 2.05) is 31.2 Å². The maximum Gasteiger partial charge on any atom is 0.318 e. The lowest BCUT2D eigenvalue weighted by Gasteiger charge is -2.32. The summed E-state index contributed by atoms with van der Waals surface area (Å²) in [6.45, 7) is 5.31. The molecular weight excluding hydrogens is 496 g/mol. The van der Waals surface area contributed by atoms with Gasteiger partial charge in [0.15, 0.2) is 0 Å². The second-order valence-electron chi connectivity index (χ2n) is 8.50. The number of hydrogen-bond donors (Lipinski definition) is 1. The van der Waals surface area contributed by atoms with Crippen molar-refractivity contribution < 1.29 is 14.3 Å². The lowest BCUT2D eigenvalue weighted by Crippen LogP contribution is -2.34. The van der Waals surface area contributed by atoms with E-state index in [9.17, 15) is 4.79 Å². The largest absolute Gasteiger partial charge is 0.467 e. The number of benzene rings is 2. The van der Waals surface area contributed by atoms with E-state index in [0.29, 0.717) is 25.0 Å². The van der Waals surface area contributed by atoms with Gasteiger partial charge in [0.2, 0.25) is 0 Å². The number of nitrogens with one attached hydrogen (secondary N) is 1. The number of anilines is 2. The summed E-state index contributed by atoms with van der Waals surface area (Å²) in [7, 11) is 1.59. The minimum atomic E-state index is -0.0975. The fourth-order valence-corrected chi connectivity index (χ4v) is 4.84. The van der Waals surface area contributed by atoms with Crippen LogP contribution in [0.2, 0.25) is 0 Å². The van der Waals surface area contributed by atoms with Crippen LogP contribution in [0, 0.1) is 0 Å². The number of rotatable bonds is 9. The standard InChI is InChI=1S/C26H31BrN4O3/c1-3-34-24(32)8-5-13-31-14-11-18(12-15-31)19-9-10-22-23(16-19)29-26(33-2)30-25(22)28-21-7-4-6-20(27)17-21/h4,6-7,9-10,16-18H,3,5,8,11-15H2,1-2H3,(H,28,29,30). The summed E-state index contributed by atoms with van der Waals surface area (Å²) in [5, 5.41) is 4.36. The van der Waals surface area contributed by atoms with Gasteiger partial charge in [0.25, 0.3) is 0 Å². The van der Waals surface area contributed by atoms with Gasteiger partial charge in [0.05, 0.1) is 19.2 Å². The molecule has 1 aromatic heterocycles. The molecule has 34 heavy (non-hydrogen) atoms. The lowest BCUT2D eigenvalue weighted by atomic mass is 9.89. The van der Waals surface area contributed by atoms with Crippen LogP contribution in [0.3, 0.4) is 0 Å². The average molecular weight is 527 g/mol. The van der Waals surface area contributed by atoms with Gasteiger partial charge < -0.3 is 19.7 Å². The zero-order valence-electron chi connectivity index (χ0n) is 19.7. The Kier molecular flexibility index (Phi) is 8.34. The van der Waals surface area contributed by atoms with Gasteiger partial charge in [-0.2, -0.15) is 9.97 Å². The number of likely N-dealkylation sites (tertiary alicyclic amines) is 1. The topological polar surface area (TPSA) is 76.6 Å². The summed E-state index contributed by atoms with van der Waals surface area (Å²) >= 11 is 3.52. The zero-order chi connectivity index (χ0) is 23.9. The van der Waals surface area contributed by atoms with Crippen LogP contribution in [0.5, 0.6) is 6.01 Å². The van der Waals surface area contributed by atoms with E-state index in [0.717, 1.165) is 65.8 Å². The van der Waals surface area contributed by atoms with E-state index in [4.69, 9.17) is 9.47 Å². The van der Waals surface area contributed by atoms with Gasteiger partial charge in [-0.3, -0.25) is 4.79 Å². The Morgan fingerprint density at radius 2 is 2.00 bits per heavy atom. The summed E-state index contributed by atoms with van der Waals surface area (Å²) in [5.74, 6) is 1.12. The van der Waals surface area contributed by atoms with Gasteiger partial charge in [-0.1, -0.05) is 28.1 Å². The van der Waals surface area contributed by atoms with Gasteiger partial charge in [-0.25, -0.2) is 0 Å². The van der Waals surface area contributed by atoms with Crippen LogP contribution >= 0.6 is 15.9 Å². The third kappa shape index (κ3) is 6.24. The number of hydrogen-bond acceptors (Lipinski definition) is 7. The number of nitrogens with zero attached hydrogens (tertiary/aromatic N) is 3. The van der Waals surface area contributed by atoms with Crippen LogP contribution < -0.4 is 10.1 Å². The third-order valence-electron chi connectivity index (χ3n) is 6.19. The van der Waals surface area contributed by atoms with Crippen molar-refractivity contribution in [3.63, 3.8) is 0 Å². The van der Waals surface area contributed by atoms with Gasteiger partial charge in [-0.05, 0) is 87.6 Å². The molecule has 0 spiro atoms. The lowest BCUT2D eigenvalue weighted by molar-refractivity contribution is -0.143. The molecule has 0 aliphatic carbocycles. The molecule has 1 aliphatic rings. The fraction of sp³-hybridized carbons (Fsp3) is 0.423. The average Bonchev–Trinajstić information content (AvgIpc) is 2.84. The minimum Gasteiger partial charge on any atom is -0.467 e. The second-order valence-corrected chi connectivity index (χ2v) is 9.41. The first-order valence-corrected chi connectivity index (χ1v) is 12.6. The molecule has 1 fully saturated rings. The highest BCUT2D eigenvalue weighted by Gasteiger charge is 2.21. The Morgan fingerprint density at radius 3 is 2.74 bits per heavy atom. The first kappa shape index (κ1) is 24.4. The molecular formula is C26H31BrN4O3. The van der Waals surface area contributed by atoms with Crippen LogP contribution in [-0.2, 0) is 9.53 Å². The number of carbonyl (C=O) groups excluding carboxylic acids is 1. The van der Waals surface area contributed by atoms with Gasteiger partial charge in [-0.15, -0.1) is 0 Å². The predicted octanol–water partition coefficient (Wildman–Crippen LogP) is 5.67. The maximum atomic E-state index is 11.5. The van der Waals surface area contributed by atoms with E-state index in [2.05, 4.69) is 54.3 Å². The Labute approximate surface area is 209 Å². The summed E-state index contributed by atoms with van der Waals surface area (Å²) in [5.41, 5.74) is 3.11. The summed E-state index contributed by atoms with van der Waals surface area (Å²) in [6, 6.07) is 14.8. The van der Waals surface area contributed by atoms with E-state index in [-0.39, 0.29) is 5.97 Å². The molecule has 1 N–H and O–H groups in total. The normalized spacial score (nSPS) is 14.8. The van der Waals surface area contributed by atoms with Crippen LogP contribution in [0.15, 0.2) is 46.9 Å². The molecule has 2 aromatic carbocycles. The van der Waals surface area contributed by atoms with Crippen LogP contribution in [0.1, 0.15) is 44.1 Å². The number of esters is 1. The van der Waals surface area contributed by atoms with Crippen molar-refractivity contribution in [2.45, 2.75) is 38.5 Å². The minimum absolute atomic E-state index is 0.0975. The fourth-order valence-electron chi connectivity index (χ4n) is 4.44. The highest BCUT2D eigenvalue weighted by Crippen LogP contribution is 2.33. The number of halogens is 1. The second kappa shape index (κ2) is 11.6. The molecule has 0 radical (unpaired) electrons. The zero-order valence-corrected chi connectivity index (χ0v) is 21.3. The molecule has 180 valence electrons. The molecule has 0 saturated carbocycles. The van der Waals surface area contributed by atoms with E-state index in [1.54, 1.807) is 7.11 Å². The number of methoxy groups -OCH3 is 1. The summed E-state index contributed by atoms with van der Waals surface area (Å²) in [4.78, 5) is 23.2. The van der Waals surface area contributed by atoms with E-state index >= 15 is 0 Å². The molecule has 2 heterocycles. The summed E-state index contributed by atoms with van der Waals surface area (Å²) < 4.78 is 11.4. The monoisotopic (exact) mass is 526 g/mol. The summed E-state index contributed by atoms with van der Waals surface area (Å²) in [6.07, 6.45) is 3.53. The van der Waals surface area contributed by atoms with Gasteiger partial charge >= 0.3 is 12.0 Å². The molecule has 8 heteroatoms. The van der Waals surface area contributed by atoms with Crippen LogP contribution in [-0.4, -0.2) is 54.2 Å². The van der Waals surface area contributed by atoms with Crippen molar-refractivity contribution in [2.75, 3.05) is 38.7 Å². The smallest absolute Gasteiger partial charge is 0.318 e. The molecule has 0 bridgehead atoms. The Balaban J connectivity index is 1.44. The van der Waals surface area contributed by atoms with Crippen molar-refractivity contribution in [1.29, 1.82) is 0 Å². The number of piperidine rings is 1. The first-order valence-electron chi connectivity index (χ1n) is 11.8. The molecule has 0 atom stereocenters. The SMILES string of the molecule is CCOC(=O)CCCN1CCC(c2ccc3c(Nc4cccc(Br)c4)nc(OC)nc3c2)CC1. The van der Waals surface area contributed by atoms with Crippen LogP contribution in [0.25, 0.3) is 10.9 Å². The Bertz CT molecular complexity index is 1130. The number of aromatic nitrogens is 2. The van der Waals surface area contributed by atoms with Crippen molar-refractivity contribution in [3.05, 3.63) is 52.5 Å². The first-order chi connectivity index (χ1) is 16.6. The Morgan fingerprint density at radius 1 is 1.18 bits per heavy atom. The van der Waals surface area contributed by atoms with Gasteiger partial charge in [0, 0.05) is 22.0 Å². The van der Waals surface area contributed by atoms with Crippen molar-refractivity contribution in [2.24, 2.45) is 0 Å². The predicted molar refractivity (Wildman–Crippen MR) is 138 cm³/mol. The molecule has 1 aliphatic heterocycles. The quantitative estimate of drug-likeness (QED) is 0.360. The number of ether oxygens (including phenoxy) is 2. The molecule has 0 unspecified atom stereocenters. The third-order valence-corrected chi connectivity index (χ3v) is 6.68. The number of fused-ring (bicyclic) bond motifs is 1. The molecule has 1 saturated heterocycles. The molecule has 7 nitrogen and oxygen atoms in total. The van der Waals surface area contributed by atoms with E-state index in [1.165, 1.54) is 5.56 Å². The maximum absolute atomic E-state index is 11.5. The van der Waals surface area contributed by atoms with Crippen LogP contribution in [0.4, 0.5) is 11.5 Å².